The number of nitrogens with zero attached hydrogens (tertiary/aromatic N) is 1. The molecule has 3 aromatic rings. The van der Waals surface area contributed by atoms with Gasteiger partial charge in [0.1, 0.15) is 11.5 Å². The smallest absolute Gasteiger partial charge is 0.337 e. The predicted molar refractivity (Wildman–Crippen MR) is 127 cm³/mol. The summed E-state index contributed by atoms with van der Waals surface area (Å²) in [6.45, 7) is -0.360. The van der Waals surface area contributed by atoms with Gasteiger partial charge in [-0.1, -0.05) is 45.7 Å². The van der Waals surface area contributed by atoms with Crippen LogP contribution in [0.2, 0.25) is 5.02 Å². The molecule has 0 aliphatic carbocycles. The summed E-state index contributed by atoms with van der Waals surface area (Å²) in [5, 5.41) is 8.61. The van der Waals surface area contributed by atoms with Gasteiger partial charge < -0.3 is 9.52 Å². The highest BCUT2D eigenvalue weighted by molar-refractivity contribution is 9.10. The van der Waals surface area contributed by atoms with Crippen LogP contribution >= 0.6 is 39.3 Å². The summed E-state index contributed by atoms with van der Waals surface area (Å²) < 4.78 is 6.53. The number of imide groups is 1. The fourth-order valence-electron chi connectivity index (χ4n) is 3.06. The zero-order chi connectivity index (χ0) is 23.7. The van der Waals surface area contributed by atoms with Gasteiger partial charge in [0, 0.05) is 21.7 Å². The number of carbonyl (C=O) groups is 4. The number of thioether (sulfide) groups is 1. The van der Waals surface area contributed by atoms with Gasteiger partial charge in [-0.25, -0.2) is 4.79 Å². The number of benzene rings is 2. The molecular formula is C23H13BrClNO6S. The minimum atomic E-state index is -1.14. The van der Waals surface area contributed by atoms with Gasteiger partial charge in [-0.15, -0.1) is 0 Å². The quantitative estimate of drug-likeness (QED) is 0.299. The maximum Gasteiger partial charge on any atom is 0.337 e. The summed E-state index contributed by atoms with van der Waals surface area (Å²) in [5.74, 6) is -1.35. The summed E-state index contributed by atoms with van der Waals surface area (Å²) in [4.78, 5) is 49.6. The molecule has 0 saturated carbocycles. The Balaban J connectivity index is 1.50. The molecule has 166 valence electrons. The van der Waals surface area contributed by atoms with E-state index in [1.54, 1.807) is 42.5 Å². The lowest BCUT2D eigenvalue weighted by molar-refractivity contribution is -0.122. The van der Waals surface area contributed by atoms with Crippen LogP contribution in [0.5, 0.6) is 0 Å². The normalized spacial score (nSPS) is 14.8. The molecule has 2 amide bonds. The molecule has 1 fully saturated rings. The summed E-state index contributed by atoms with van der Waals surface area (Å²) >= 11 is 10.0. The summed E-state index contributed by atoms with van der Waals surface area (Å²) in [5.41, 5.74) is 0.917. The number of furan rings is 1. The Morgan fingerprint density at radius 2 is 1.82 bits per heavy atom. The molecule has 33 heavy (non-hydrogen) atoms. The number of halogens is 2. The molecule has 2 aromatic carbocycles. The first-order valence-corrected chi connectivity index (χ1v) is 11.4. The van der Waals surface area contributed by atoms with Crippen LogP contribution in [0, 0.1) is 0 Å². The molecule has 10 heteroatoms. The molecular weight excluding hydrogens is 534 g/mol. The van der Waals surface area contributed by atoms with Crippen LogP contribution in [0.25, 0.3) is 17.4 Å². The third-order valence-electron chi connectivity index (χ3n) is 4.73. The molecule has 1 N–H and O–H groups in total. The Bertz CT molecular complexity index is 1330. The van der Waals surface area contributed by atoms with Gasteiger partial charge in [-0.3, -0.25) is 19.3 Å². The number of amides is 2. The number of carbonyl (C=O) groups excluding carboxylic acids is 3. The standard InChI is InChI=1S/C23H13BrClNO6S/c24-14-4-1-12(2-5-14)18(27)11-26-21(28)20(33-23(26)31)10-15-6-8-19(32-15)13-3-7-16(22(29)30)17(25)9-13/h1-10H,11H2,(H,29,30)/b20-10-. The number of hydrogen-bond acceptors (Lipinski definition) is 6. The van der Waals surface area contributed by atoms with Crippen LogP contribution in [-0.2, 0) is 4.79 Å². The van der Waals surface area contributed by atoms with E-state index in [-0.39, 0.29) is 27.8 Å². The van der Waals surface area contributed by atoms with Crippen LogP contribution < -0.4 is 0 Å². The summed E-state index contributed by atoms with van der Waals surface area (Å²) in [6, 6.07) is 14.3. The average Bonchev–Trinajstić information content (AvgIpc) is 3.34. The number of carboxylic acid groups (broad SMARTS) is 1. The zero-order valence-electron chi connectivity index (χ0n) is 16.6. The number of hydrogen-bond donors (Lipinski definition) is 1. The average molecular weight is 547 g/mol. The predicted octanol–water partition coefficient (Wildman–Crippen LogP) is 5.98. The molecule has 1 aliphatic rings. The maximum atomic E-state index is 12.7. The second-order valence-corrected chi connectivity index (χ2v) is 9.22. The Morgan fingerprint density at radius 3 is 2.48 bits per heavy atom. The van der Waals surface area contributed by atoms with Crippen molar-refractivity contribution in [3.8, 4) is 11.3 Å². The third-order valence-corrected chi connectivity index (χ3v) is 6.47. The van der Waals surface area contributed by atoms with E-state index >= 15 is 0 Å². The second-order valence-electron chi connectivity index (χ2n) is 6.90. The summed E-state index contributed by atoms with van der Waals surface area (Å²) in [7, 11) is 0. The van der Waals surface area contributed by atoms with Crippen molar-refractivity contribution in [2.45, 2.75) is 0 Å². The molecule has 4 rings (SSSR count). The van der Waals surface area contributed by atoms with Crippen molar-refractivity contribution in [2.75, 3.05) is 6.54 Å². The van der Waals surface area contributed by atoms with Crippen LogP contribution in [-0.4, -0.2) is 39.5 Å². The number of carboxylic acids is 1. The fraction of sp³-hybridized carbons (Fsp3) is 0.0435. The number of Topliss-reactive ketones (excluding diaryl/α,β-unsaturated/α-hetero) is 1. The van der Waals surface area contributed by atoms with Gasteiger partial charge >= 0.3 is 5.97 Å². The lowest BCUT2D eigenvalue weighted by Gasteiger charge is -2.11. The molecule has 1 aromatic heterocycles. The highest BCUT2D eigenvalue weighted by atomic mass is 79.9. The highest BCUT2D eigenvalue weighted by Crippen LogP contribution is 2.34. The monoisotopic (exact) mass is 545 g/mol. The van der Waals surface area contributed by atoms with E-state index in [0.717, 1.165) is 21.1 Å². The topological polar surface area (TPSA) is 105 Å². The molecule has 7 nitrogen and oxygen atoms in total. The molecule has 2 heterocycles. The zero-order valence-corrected chi connectivity index (χ0v) is 19.7. The van der Waals surface area contributed by atoms with Crippen LogP contribution in [0.4, 0.5) is 4.79 Å². The van der Waals surface area contributed by atoms with Gasteiger partial charge in [-0.2, -0.15) is 0 Å². The molecule has 0 bridgehead atoms. The first kappa shape index (κ1) is 23.0. The van der Waals surface area contributed by atoms with Gasteiger partial charge in [0.15, 0.2) is 5.78 Å². The molecule has 0 atom stereocenters. The Labute approximate surface area is 205 Å². The van der Waals surface area contributed by atoms with Crippen molar-refractivity contribution in [1.29, 1.82) is 0 Å². The molecule has 0 radical (unpaired) electrons. The minimum Gasteiger partial charge on any atom is -0.478 e. The van der Waals surface area contributed by atoms with Gasteiger partial charge in [-0.05, 0) is 48.2 Å². The highest BCUT2D eigenvalue weighted by Gasteiger charge is 2.36. The first-order chi connectivity index (χ1) is 15.7. The number of rotatable bonds is 6. The lowest BCUT2D eigenvalue weighted by atomic mass is 10.1. The van der Waals surface area contributed by atoms with Gasteiger partial charge in [0.25, 0.3) is 11.1 Å². The maximum absolute atomic E-state index is 12.7. The van der Waals surface area contributed by atoms with E-state index in [2.05, 4.69) is 15.9 Å². The lowest BCUT2D eigenvalue weighted by Crippen LogP contribution is -2.33. The largest absolute Gasteiger partial charge is 0.478 e. The van der Waals surface area contributed by atoms with Crippen molar-refractivity contribution < 1.29 is 28.7 Å². The Hall–Kier alpha value is -3.14. The molecule has 1 aliphatic heterocycles. The Kier molecular flexibility index (Phi) is 6.55. The van der Waals surface area contributed by atoms with Crippen LogP contribution in [0.1, 0.15) is 26.5 Å². The number of aromatic carboxylic acids is 1. The SMILES string of the molecule is O=C(CN1C(=O)S/C(=C\c2ccc(-c3ccc(C(=O)O)c(Cl)c3)o2)C1=O)c1ccc(Br)cc1. The van der Waals surface area contributed by atoms with Crippen molar-refractivity contribution in [3.63, 3.8) is 0 Å². The minimum absolute atomic E-state index is 0.0291. The van der Waals surface area contributed by atoms with E-state index in [1.165, 1.54) is 18.2 Å². The molecule has 1 saturated heterocycles. The van der Waals surface area contributed by atoms with Crippen LogP contribution in [0.3, 0.4) is 0 Å². The van der Waals surface area contributed by atoms with E-state index in [1.807, 2.05) is 0 Å². The van der Waals surface area contributed by atoms with Crippen molar-refractivity contribution in [2.24, 2.45) is 0 Å². The van der Waals surface area contributed by atoms with E-state index in [4.69, 9.17) is 21.1 Å². The van der Waals surface area contributed by atoms with Crippen molar-refractivity contribution in [3.05, 3.63) is 85.9 Å². The van der Waals surface area contributed by atoms with Crippen LogP contribution in [0.15, 0.2) is 68.4 Å². The molecule has 0 spiro atoms. The summed E-state index contributed by atoms with van der Waals surface area (Å²) in [6.07, 6.45) is 1.42. The Morgan fingerprint density at radius 1 is 1.09 bits per heavy atom. The van der Waals surface area contributed by atoms with E-state index in [9.17, 15) is 19.2 Å². The van der Waals surface area contributed by atoms with Gasteiger partial charge in [0.05, 0.1) is 22.0 Å². The van der Waals surface area contributed by atoms with Gasteiger partial charge in [0.2, 0.25) is 0 Å². The third kappa shape index (κ3) is 4.95. The van der Waals surface area contributed by atoms with E-state index < -0.39 is 17.1 Å². The molecule has 0 unspecified atom stereocenters. The second kappa shape index (κ2) is 9.38. The number of ketones is 1. The van der Waals surface area contributed by atoms with Crippen molar-refractivity contribution in [1.82, 2.24) is 4.90 Å². The first-order valence-electron chi connectivity index (χ1n) is 9.40. The van der Waals surface area contributed by atoms with Crippen molar-refractivity contribution >= 4 is 68.3 Å². The van der Waals surface area contributed by atoms with E-state index in [0.29, 0.717) is 22.6 Å². The fourth-order valence-corrected chi connectivity index (χ4v) is 4.41.